The van der Waals surface area contributed by atoms with Crippen LogP contribution in [0.2, 0.25) is 5.22 Å². The Morgan fingerprint density at radius 3 is 3.00 bits per heavy atom. The molecule has 2 heterocycles. The molecule has 0 N–H and O–H groups in total. The third-order valence-electron chi connectivity index (χ3n) is 3.31. The molecule has 0 atom stereocenters. The van der Waals surface area contributed by atoms with Crippen LogP contribution >= 0.6 is 11.6 Å². The van der Waals surface area contributed by atoms with Gasteiger partial charge in [-0.1, -0.05) is 12.1 Å². The van der Waals surface area contributed by atoms with Crippen molar-refractivity contribution >= 4 is 17.4 Å². The average Bonchev–Trinajstić information content (AvgIpc) is 3.03. The highest BCUT2D eigenvalue weighted by atomic mass is 35.5. The Bertz CT molecular complexity index is 616. The number of carbonyl (C=O) groups excluding carboxylic acids is 1. The summed E-state index contributed by atoms with van der Waals surface area (Å²) in [5.41, 5.74) is 2.84. The van der Waals surface area contributed by atoms with Crippen molar-refractivity contribution in [3.8, 4) is 5.75 Å². The van der Waals surface area contributed by atoms with E-state index in [9.17, 15) is 4.79 Å². The third kappa shape index (κ3) is 2.51. The minimum atomic E-state index is 0.00972. The number of hydrogen-bond donors (Lipinski definition) is 0. The van der Waals surface area contributed by atoms with Gasteiger partial charge in [0.1, 0.15) is 5.75 Å². The zero-order chi connectivity index (χ0) is 13.2. The number of furan rings is 1. The summed E-state index contributed by atoms with van der Waals surface area (Å²) < 4.78 is 10.4. The summed E-state index contributed by atoms with van der Waals surface area (Å²) in [6.45, 7) is 0.752. The zero-order valence-electron chi connectivity index (χ0n) is 10.3. The number of ether oxygens (including phenoxy) is 1. The Hall–Kier alpha value is -1.74. The minimum absolute atomic E-state index is 0.00972. The summed E-state index contributed by atoms with van der Waals surface area (Å²) in [6.07, 6.45) is 3.51. The van der Waals surface area contributed by atoms with Gasteiger partial charge >= 0.3 is 0 Å². The van der Waals surface area contributed by atoms with Crippen molar-refractivity contribution in [2.75, 3.05) is 6.61 Å². The van der Waals surface area contributed by atoms with Gasteiger partial charge in [-0.2, -0.15) is 0 Å². The largest absolute Gasteiger partial charge is 0.493 e. The molecule has 19 heavy (non-hydrogen) atoms. The van der Waals surface area contributed by atoms with Crippen LogP contribution in [0, 0.1) is 0 Å². The van der Waals surface area contributed by atoms with E-state index in [-0.39, 0.29) is 11.0 Å². The number of ketones is 1. The number of rotatable bonds is 4. The SMILES string of the molecule is O=C(CCc1ccc2c(c1)CCO2)c1ccoc1Cl. The molecule has 3 nitrogen and oxygen atoms in total. The molecule has 1 aromatic carbocycles. The summed E-state index contributed by atoms with van der Waals surface area (Å²) in [4.78, 5) is 12.0. The Balaban J connectivity index is 1.66. The Morgan fingerprint density at radius 2 is 2.21 bits per heavy atom. The number of halogens is 1. The number of aryl methyl sites for hydroxylation is 1. The van der Waals surface area contributed by atoms with E-state index in [4.69, 9.17) is 20.8 Å². The van der Waals surface area contributed by atoms with Crippen LogP contribution in [0.15, 0.2) is 34.9 Å². The van der Waals surface area contributed by atoms with Crippen LogP contribution < -0.4 is 4.74 Å². The van der Waals surface area contributed by atoms with Crippen molar-refractivity contribution in [2.24, 2.45) is 0 Å². The van der Waals surface area contributed by atoms with Gasteiger partial charge in [-0.3, -0.25) is 4.79 Å². The summed E-state index contributed by atoms with van der Waals surface area (Å²) in [5.74, 6) is 0.975. The van der Waals surface area contributed by atoms with Gasteiger partial charge in [0.2, 0.25) is 5.22 Å². The van der Waals surface area contributed by atoms with E-state index in [2.05, 4.69) is 6.07 Å². The van der Waals surface area contributed by atoms with E-state index >= 15 is 0 Å². The Kier molecular flexibility index (Phi) is 3.30. The van der Waals surface area contributed by atoms with Crippen molar-refractivity contribution in [1.82, 2.24) is 0 Å². The second kappa shape index (κ2) is 5.10. The average molecular weight is 277 g/mol. The van der Waals surface area contributed by atoms with Crippen LogP contribution in [0.4, 0.5) is 0 Å². The molecule has 0 unspecified atom stereocenters. The van der Waals surface area contributed by atoms with E-state index in [0.29, 0.717) is 18.4 Å². The number of carbonyl (C=O) groups is 1. The molecule has 0 aliphatic carbocycles. The highest BCUT2D eigenvalue weighted by Gasteiger charge is 2.15. The van der Waals surface area contributed by atoms with Gasteiger partial charge in [-0.05, 0) is 41.3 Å². The molecule has 98 valence electrons. The highest BCUT2D eigenvalue weighted by molar-refractivity contribution is 6.32. The fraction of sp³-hybridized carbons (Fsp3) is 0.267. The first-order valence-electron chi connectivity index (χ1n) is 6.25. The van der Waals surface area contributed by atoms with Crippen LogP contribution in [0.3, 0.4) is 0 Å². The second-order valence-corrected chi connectivity index (χ2v) is 4.91. The molecule has 0 saturated heterocycles. The van der Waals surface area contributed by atoms with Gasteiger partial charge in [0, 0.05) is 12.8 Å². The van der Waals surface area contributed by atoms with Crippen molar-refractivity contribution in [3.63, 3.8) is 0 Å². The molecule has 0 bridgehead atoms. The normalized spacial score (nSPS) is 13.1. The predicted molar refractivity (Wildman–Crippen MR) is 72.0 cm³/mol. The smallest absolute Gasteiger partial charge is 0.203 e. The maximum atomic E-state index is 12.0. The maximum Gasteiger partial charge on any atom is 0.203 e. The lowest BCUT2D eigenvalue weighted by Crippen LogP contribution is -2.00. The van der Waals surface area contributed by atoms with Crippen LogP contribution in [-0.2, 0) is 12.8 Å². The first-order valence-corrected chi connectivity index (χ1v) is 6.62. The van der Waals surface area contributed by atoms with E-state index in [1.165, 1.54) is 11.8 Å². The van der Waals surface area contributed by atoms with E-state index in [1.54, 1.807) is 6.07 Å². The van der Waals surface area contributed by atoms with Crippen LogP contribution in [0.25, 0.3) is 0 Å². The molecular formula is C15H13ClO3. The van der Waals surface area contributed by atoms with Crippen molar-refractivity contribution in [1.29, 1.82) is 0 Å². The molecule has 0 amide bonds. The van der Waals surface area contributed by atoms with E-state index in [0.717, 1.165) is 24.3 Å². The first kappa shape index (κ1) is 12.3. The van der Waals surface area contributed by atoms with E-state index < -0.39 is 0 Å². The number of hydrogen-bond acceptors (Lipinski definition) is 3. The van der Waals surface area contributed by atoms with Crippen LogP contribution in [0.5, 0.6) is 5.75 Å². The topological polar surface area (TPSA) is 39.4 Å². The molecule has 0 fully saturated rings. The molecule has 0 radical (unpaired) electrons. The zero-order valence-corrected chi connectivity index (χ0v) is 11.1. The van der Waals surface area contributed by atoms with Crippen LogP contribution in [-0.4, -0.2) is 12.4 Å². The quantitative estimate of drug-likeness (QED) is 0.800. The van der Waals surface area contributed by atoms with Gasteiger partial charge in [0.25, 0.3) is 0 Å². The molecule has 0 saturated carbocycles. The lowest BCUT2D eigenvalue weighted by atomic mass is 10.0. The molecular weight excluding hydrogens is 264 g/mol. The molecule has 1 aromatic heterocycles. The lowest BCUT2D eigenvalue weighted by Gasteiger charge is -2.03. The molecule has 0 spiro atoms. The fourth-order valence-electron chi connectivity index (χ4n) is 2.28. The molecule has 1 aliphatic heterocycles. The van der Waals surface area contributed by atoms with Crippen molar-refractivity contribution in [2.45, 2.75) is 19.3 Å². The van der Waals surface area contributed by atoms with Crippen LogP contribution in [0.1, 0.15) is 27.9 Å². The second-order valence-electron chi connectivity index (χ2n) is 4.57. The van der Waals surface area contributed by atoms with Gasteiger partial charge in [0.05, 0.1) is 18.4 Å². The van der Waals surface area contributed by atoms with Gasteiger partial charge in [-0.15, -0.1) is 0 Å². The van der Waals surface area contributed by atoms with Gasteiger partial charge in [-0.25, -0.2) is 0 Å². The Morgan fingerprint density at radius 1 is 1.32 bits per heavy atom. The highest BCUT2D eigenvalue weighted by Crippen LogP contribution is 2.26. The number of benzene rings is 1. The predicted octanol–water partition coefficient (Wildman–Crippen LogP) is 3.68. The minimum Gasteiger partial charge on any atom is -0.493 e. The Labute approximate surface area is 116 Å². The molecule has 3 rings (SSSR count). The monoisotopic (exact) mass is 276 g/mol. The number of Topliss-reactive ketones (excluding diaryl/α,β-unsaturated/α-hetero) is 1. The van der Waals surface area contributed by atoms with Gasteiger partial charge < -0.3 is 9.15 Å². The molecule has 2 aromatic rings. The standard InChI is InChI=1S/C15H13ClO3/c16-15-12(6-8-19-15)13(17)3-1-10-2-4-14-11(9-10)5-7-18-14/h2,4,6,8-9H,1,3,5,7H2. The number of fused-ring (bicyclic) bond motifs is 1. The molecule has 1 aliphatic rings. The fourth-order valence-corrected chi connectivity index (χ4v) is 2.50. The third-order valence-corrected chi connectivity index (χ3v) is 3.61. The summed E-state index contributed by atoms with van der Waals surface area (Å²) in [7, 11) is 0. The molecule has 4 heteroatoms. The lowest BCUT2D eigenvalue weighted by molar-refractivity contribution is 0.0982. The summed E-state index contributed by atoms with van der Waals surface area (Å²) in [6, 6.07) is 7.72. The first-order chi connectivity index (χ1) is 9.24. The summed E-state index contributed by atoms with van der Waals surface area (Å²) >= 11 is 5.79. The van der Waals surface area contributed by atoms with Crippen molar-refractivity contribution < 1.29 is 13.9 Å². The van der Waals surface area contributed by atoms with Crippen molar-refractivity contribution in [3.05, 3.63) is 52.4 Å². The van der Waals surface area contributed by atoms with E-state index in [1.807, 2.05) is 12.1 Å². The summed E-state index contributed by atoms with van der Waals surface area (Å²) in [5, 5.41) is 0.173. The van der Waals surface area contributed by atoms with Gasteiger partial charge in [0.15, 0.2) is 5.78 Å². The maximum absolute atomic E-state index is 12.0.